The van der Waals surface area contributed by atoms with E-state index in [-0.39, 0.29) is 0 Å². The zero-order valence-electron chi connectivity index (χ0n) is 14.3. The Morgan fingerprint density at radius 2 is 0.700 bits per heavy atom. The van der Waals surface area contributed by atoms with Crippen molar-refractivity contribution in [2.75, 3.05) is 0 Å². The molecule has 0 fully saturated rings. The highest BCUT2D eigenvalue weighted by molar-refractivity contribution is 4.97. The number of hydrogen-bond donors (Lipinski definition) is 0. The van der Waals surface area contributed by atoms with Crippen molar-refractivity contribution in [3.8, 4) is 0 Å². The predicted molar refractivity (Wildman–Crippen MR) is 87.6 cm³/mol. The van der Waals surface area contributed by atoms with Crippen molar-refractivity contribution in [3.63, 3.8) is 0 Å². The Morgan fingerprint density at radius 3 is 0.800 bits per heavy atom. The van der Waals surface area contributed by atoms with Gasteiger partial charge < -0.3 is 0 Å². The van der Waals surface area contributed by atoms with Crippen LogP contribution in [0.1, 0.15) is 52.7 Å². The highest BCUT2D eigenvalue weighted by atomic mass is 14.8. The van der Waals surface area contributed by atoms with Crippen molar-refractivity contribution in [2.45, 2.75) is 55.4 Å². The number of nitrogens with zero attached hydrogens (tertiary/aromatic N) is 4. The second-order valence-electron chi connectivity index (χ2n) is 2.83. The molecule has 2 rings (SSSR count). The first kappa shape index (κ1) is 23.3. The van der Waals surface area contributed by atoms with Gasteiger partial charge in [-0.25, -0.2) is 19.9 Å². The molecule has 4 nitrogen and oxygen atoms in total. The molecule has 114 valence electrons. The minimum atomic E-state index is 1.10. The normalized spacial score (nSPS) is 7.00. The third-order valence-electron chi connectivity index (χ3n) is 1.38. The largest absolute Gasteiger partial charge is 0.245 e. The predicted octanol–water partition coefficient (Wildman–Crippen LogP) is 4.65. The number of aryl methyl sites for hydroxylation is 2. The van der Waals surface area contributed by atoms with Crippen LogP contribution in [0.2, 0.25) is 0 Å². The summed E-state index contributed by atoms with van der Waals surface area (Å²) in [6.45, 7) is 15.9. The van der Waals surface area contributed by atoms with Crippen LogP contribution < -0.4 is 0 Å². The fourth-order valence-corrected chi connectivity index (χ4v) is 0.747. The summed E-state index contributed by atoms with van der Waals surface area (Å²) < 4.78 is 0. The minimum absolute atomic E-state index is 1.10. The molecule has 0 N–H and O–H groups in total. The van der Waals surface area contributed by atoms with Crippen LogP contribution in [0, 0.1) is 13.8 Å². The van der Waals surface area contributed by atoms with Gasteiger partial charge in [-0.1, -0.05) is 41.5 Å². The van der Waals surface area contributed by atoms with E-state index in [4.69, 9.17) is 0 Å². The van der Waals surface area contributed by atoms with Crippen molar-refractivity contribution in [1.29, 1.82) is 0 Å². The molecule has 0 unspecified atom stereocenters. The third-order valence-corrected chi connectivity index (χ3v) is 1.38. The highest BCUT2D eigenvalue weighted by Crippen LogP contribution is 1.84. The SMILES string of the molecule is CC.CC.CC.Cc1cncnc1.Cc1cncnc1. The summed E-state index contributed by atoms with van der Waals surface area (Å²) >= 11 is 0. The highest BCUT2D eigenvalue weighted by Gasteiger charge is 1.75. The first-order chi connectivity index (χ1) is 9.79. The maximum Gasteiger partial charge on any atom is 0.115 e. The molecule has 4 heteroatoms. The summed E-state index contributed by atoms with van der Waals surface area (Å²) in [7, 11) is 0. The van der Waals surface area contributed by atoms with Gasteiger partial charge in [0.2, 0.25) is 0 Å². The topological polar surface area (TPSA) is 51.6 Å². The van der Waals surface area contributed by atoms with E-state index in [1.165, 1.54) is 12.7 Å². The molecule has 2 heterocycles. The lowest BCUT2D eigenvalue weighted by Gasteiger charge is -1.81. The maximum absolute atomic E-state index is 3.77. The van der Waals surface area contributed by atoms with Crippen LogP contribution in [0.15, 0.2) is 37.4 Å². The summed E-state index contributed by atoms with van der Waals surface area (Å²) in [6.07, 6.45) is 10.1. The van der Waals surface area contributed by atoms with Crippen LogP contribution in [0.25, 0.3) is 0 Å². The molecule has 0 spiro atoms. The summed E-state index contributed by atoms with van der Waals surface area (Å²) in [5.74, 6) is 0. The Kier molecular flexibility index (Phi) is 26.0. The Morgan fingerprint density at radius 1 is 0.500 bits per heavy atom. The molecule has 0 aliphatic rings. The molecule has 0 atom stereocenters. The van der Waals surface area contributed by atoms with Gasteiger partial charge in [-0.15, -0.1) is 0 Å². The van der Waals surface area contributed by atoms with Gasteiger partial charge in [-0.2, -0.15) is 0 Å². The lowest BCUT2D eigenvalue weighted by atomic mass is 10.4. The van der Waals surface area contributed by atoms with Crippen LogP contribution in [0.3, 0.4) is 0 Å². The Hall–Kier alpha value is -1.84. The Labute approximate surface area is 124 Å². The van der Waals surface area contributed by atoms with Gasteiger partial charge in [0.05, 0.1) is 0 Å². The van der Waals surface area contributed by atoms with E-state index in [0.29, 0.717) is 0 Å². The molecule has 0 aliphatic carbocycles. The zero-order chi connectivity index (χ0) is 16.2. The summed E-state index contributed by atoms with van der Waals surface area (Å²) in [6, 6.07) is 0. The van der Waals surface area contributed by atoms with Gasteiger partial charge >= 0.3 is 0 Å². The molecule has 20 heavy (non-hydrogen) atoms. The molecule has 0 saturated heterocycles. The molecule has 0 aromatic carbocycles. The van der Waals surface area contributed by atoms with E-state index < -0.39 is 0 Å². The molecule has 0 amide bonds. The minimum Gasteiger partial charge on any atom is -0.245 e. The van der Waals surface area contributed by atoms with E-state index in [9.17, 15) is 0 Å². The number of rotatable bonds is 0. The monoisotopic (exact) mass is 278 g/mol. The first-order valence-corrected chi connectivity index (χ1v) is 7.22. The van der Waals surface area contributed by atoms with E-state index >= 15 is 0 Å². The Bertz CT molecular complexity index is 312. The van der Waals surface area contributed by atoms with E-state index in [1.54, 1.807) is 24.8 Å². The molecular weight excluding hydrogens is 248 g/mol. The summed E-state index contributed by atoms with van der Waals surface area (Å²) in [5.41, 5.74) is 2.20. The van der Waals surface area contributed by atoms with Gasteiger partial charge in [-0.05, 0) is 25.0 Å². The van der Waals surface area contributed by atoms with Crippen molar-refractivity contribution >= 4 is 0 Å². The fraction of sp³-hybridized carbons (Fsp3) is 0.500. The second-order valence-corrected chi connectivity index (χ2v) is 2.83. The Balaban J connectivity index is -0.000000211. The van der Waals surface area contributed by atoms with Crippen molar-refractivity contribution in [1.82, 2.24) is 19.9 Å². The summed E-state index contributed by atoms with van der Waals surface area (Å²) in [4.78, 5) is 15.1. The van der Waals surface area contributed by atoms with E-state index in [1.807, 2.05) is 55.4 Å². The van der Waals surface area contributed by atoms with Gasteiger partial charge in [0.15, 0.2) is 0 Å². The standard InChI is InChI=1S/2C5H6N2.3C2H6/c2*1-5-2-6-4-7-3-5;3*1-2/h2*2-4H,1H3;3*1-2H3. The van der Waals surface area contributed by atoms with Gasteiger partial charge in [-0.3, -0.25) is 0 Å². The first-order valence-electron chi connectivity index (χ1n) is 7.22. The molecule has 0 bridgehead atoms. The zero-order valence-corrected chi connectivity index (χ0v) is 14.3. The van der Waals surface area contributed by atoms with E-state index in [2.05, 4.69) is 19.9 Å². The quantitative estimate of drug-likeness (QED) is 0.704. The smallest absolute Gasteiger partial charge is 0.115 e. The lowest BCUT2D eigenvalue weighted by Crippen LogP contribution is -1.75. The number of hydrogen-bond acceptors (Lipinski definition) is 4. The summed E-state index contributed by atoms with van der Waals surface area (Å²) in [5, 5.41) is 0. The average molecular weight is 278 g/mol. The van der Waals surface area contributed by atoms with Crippen LogP contribution >= 0.6 is 0 Å². The fourth-order valence-electron chi connectivity index (χ4n) is 0.747. The molecule has 2 aromatic heterocycles. The van der Waals surface area contributed by atoms with Crippen molar-refractivity contribution in [3.05, 3.63) is 48.6 Å². The molecule has 0 radical (unpaired) electrons. The molecule has 0 saturated carbocycles. The maximum atomic E-state index is 3.77. The average Bonchev–Trinajstić information content (AvgIpc) is 2.55. The van der Waals surface area contributed by atoms with Crippen molar-refractivity contribution in [2.24, 2.45) is 0 Å². The van der Waals surface area contributed by atoms with Crippen LogP contribution in [0.4, 0.5) is 0 Å². The third kappa shape index (κ3) is 18.5. The molecule has 0 aliphatic heterocycles. The van der Waals surface area contributed by atoms with Crippen LogP contribution in [-0.2, 0) is 0 Å². The number of aromatic nitrogens is 4. The van der Waals surface area contributed by atoms with Gasteiger partial charge in [0, 0.05) is 24.8 Å². The van der Waals surface area contributed by atoms with Crippen LogP contribution in [0.5, 0.6) is 0 Å². The second kappa shape index (κ2) is 22.3. The van der Waals surface area contributed by atoms with Crippen LogP contribution in [-0.4, -0.2) is 19.9 Å². The van der Waals surface area contributed by atoms with Gasteiger partial charge in [0.25, 0.3) is 0 Å². The van der Waals surface area contributed by atoms with Gasteiger partial charge in [0.1, 0.15) is 12.7 Å². The lowest BCUT2D eigenvalue weighted by molar-refractivity contribution is 1.13. The molecule has 2 aromatic rings. The van der Waals surface area contributed by atoms with Crippen molar-refractivity contribution < 1.29 is 0 Å². The van der Waals surface area contributed by atoms with E-state index in [0.717, 1.165) is 11.1 Å². The molecular formula is C16H30N4.